The van der Waals surface area contributed by atoms with Crippen LogP contribution in [0, 0.1) is 0 Å². The molecule has 0 bridgehead atoms. The lowest BCUT2D eigenvalue weighted by molar-refractivity contribution is -0.138. The Kier molecular flexibility index (Phi) is 11.3. The first-order valence-corrected chi connectivity index (χ1v) is 12.7. The molecule has 0 radical (unpaired) electrons. The standard InChI is InChI=1S/C18H14N4O5S.C6H14N2O2/c23-16-9-6-13(11-15(16)18(24)25)21-20-12-4-7-14(8-5-12)28(26,27)22-17-3-1-2-10-19-17;7-4-2-1-3-5(8)6(9)10/h1-11,23H,(H,19,22)(H,24,25);5H,1-4,7-8H2,(H,9,10)/t;5-/m.0/s1. The van der Waals surface area contributed by atoms with Crippen molar-refractivity contribution in [3.63, 3.8) is 0 Å². The fourth-order valence-corrected chi connectivity index (χ4v) is 3.83. The van der Waals surface area contributed by atoms with E-state index in [1.165, 1.54) is 54.7 Å². The lowest BCUT2D eigenvalue weighted by atomic mass is 10.1. The summed E-state index contributed by atoms with van der Waals surface area (Å²) in [6.45, 7) is 0.604. The molecule has 3 aromatic rings. The van der Waals surface area contributed by atoms with E-state index in [1.807, 2.05) is 0 Å². The second kappa shape index (κ2) is 14.4. The molecular weight excluding hydrogens is 516 g/mol. The van der Waals surface area contributed by atoms with E-state index in [9.17, 15) is 23.1 Å². The number of aromatic nitrogens is 1. The number of aromatic carboxylic acids is 1. The fourth-order valence-electron chi connectivity index (χ4n) is 2.82. The smallest absolute Gasteiger partial charge is 0.339 e. The number of anilines is 1. The van der Waals surface area contributed by atoms with Gasteiger partial charge < -0.3 is 26.8 Å². The van der Waals surface area contributed by atoms with Crippen LogP contribution in [0.3, 0.4) is 0 Å². The molecular formula is C24H28N6O7S. The van der Waals surface area contributed by atoms with Gasteiger partial charge in [-0.1, -0.05) is 12.5 Å². The Morgan fingerprint density at radius 1 is 0.974 bits per heavy atom. The first-order valence-electron chi connectivity index (χ1n) is 11.2. The normalized spacial score (nSPS) is 11.8. The number of nitrogens with zero attached hydrogens (tertiary/aromatic N) is 3. The van der Waals surface area contributed by atoms with Crippen LogP contribution in [0.25, 0.3) is 0 Å². The number of carbonyl (C=O) groups is 2. The number of sulfonamides is 1. The third-order valence-electron chi connectivity index (χ3n) is 4.83. The molecule has 0 unspecified atom stereocenters. The Bertz CT molecular complexity index is 1350. The van der Waals surface area contributed by atoms with Crippen LogP contribution in [-0.2, 0) is 14.8 Å². The molecule has 38 heavy (non-hydrogen) atoms. The fraction of sp³-hybridized carbons (Fsp3) is 0.208. The highest BCUT2D eigenvalue weighted by Crippen LogP contribution is 2.26. The van der Waals surface area contributed by atoms with Crippen LogP contribution in [0.4, 0.5) is 17.2 Å². The van der Waals surface area contributed by atoms with Gasteiger partial charge in [0, 0.05) is 6.20 Å². The highest BCUT2D eigenvalue weighted by Gasteiger charge is 2.14. The minimum atomic E-state index is -3.79. The van der Waals surface area contributed by atoms with Crippen LogP contribution >= 0.6 is 0 Å². The molecule has 2 aromatic carbocycles. The molecule has 1 aromatic heterocycles. The largest absolute Gasteiger partial charge is 0.507 e. The number of nitrogens with one attached hydrogen (secondary N) is 1. The van der Waals surface area contributed by atoms with Crippen molar-refractivity contribution in [3.8, 4) is 5.75 Å². The molecule has 0 fully saturated rings. The lowest BCUT2D eigenvalue weighted by Crippen LogP contribution is -2.29. The zero-order valence-corrected chi connectivity index (χ0v) is 21.0. The Morgan fingerprint density at radius 2 is 1.63 bits per heavy atom. The van der Waals surface area contributed by atoms with E-state index < -0.39 is 28.0 Å². The molecule has 0 spiro atoms. The van der Waals surface area contributed by atoms with Crippen LogP contribution in [0.1, 0.15) is 29.6 Å². The van der Waals surface area contributed by atoms with Gasteiger partial charge in [-0.15, -0.1) is 0 Å². The summed E-state index contributed by atoms with van der Waals surface area (Å²) >= 11 is 0. The van der Waals surface area contributed by atoms with E-state index in [0.29, 0.717) is 18.7 Å². The summed E-state index contributed by atoms with van der Waals surface area (Å²) in [5, 5.41) is 34.6. The summed E-state index contributed by atoms with van der Waals surface area (Å²) in [4.78, 5) is 25.1. The van der Waals surface area contributed by atoms with E-state index >= 15 is 0 Å². The minimum Gasteiger partial charge on any atom is -0.507 e. The summed E-state index contributed by atoms with van der Waals surface area (Å²) < 4.78 is 27.0. The number of hydrogen-bond acceptors (Lipinski definition) is 10. The van der Waals surface area contributed by atoms with Crippen molar-refractivity contribution in [3.05, 3.63) is 72.4 Å². The van der Waals surface area contributed by atoms with Crippen LogP contribution in [0.5, 0.6) is 5.75 Å². The van der Waals surface area contributed by atoms with Crippen LogP contribution in [-0.4, -0.2) is 53.2 Å². The minimum absolute atomic E-state index is 0.0231. The molecule has 202 valence electrons. The monoisotopic (exact) mass is 544 g/mol. The van der Waals surface area contributed by atoms with Crippen molar-refractivity contribution in [1.29, 1.82) is 0 Å². The molecule has 0 saturated carbocycles. The number of carboxylic acids is 2. The number of nitrogens with two attached hydrogens (primary N) is 2. The van der Waals surface area contributed by atoms with Crippen molar-refractivity contribution in [2.45, 2.75) is 30.2 Å². The Hall–Kier alpha value is -4.40. The lowest BCUT2D eigenvalue weighted by Gasteiger charge is -2.07. The van der Waals surface area contributed by atoms with Crippen LogP contribution in [0.2, 0.25) is 0 Å². The second-order valence-electron chi connectivity index (χ2n) is 7.75. The summed E-state index contributed by atoms with van der Waals surface area (Å²) in [6, 6.07) is 13.6. The predicted molar refractivity (Wildman–Crippen MR) is 139 cm³/mol. The molecule has 0 aliphatic carbocycles. The molecule has 0 saturated heterocycles. The van der Waals surface area contributed by atoms with Crippen molar-refractivity contribution >= 4 is 39.2 Å². The molecule has 0 aliphatic rings. The van der Waals surface area contributed by atoms with Crippen molar-refractivity contribution < 1.29 is 33.3 Å². The molecule has 1 atom stereocenters. The molecule has 1 heterocycles. The van der Waals surface area contributed by atoms with Crippen molar-refractivity contribution in [2.75, 3.05) is 11.3 Å². The number of carboxylic acid groups (broad SMARTS) is 2. The van der Waals surface area contributed by atoms with Crippen LogP contribution < -0.4 is 16.2 Å². The van der Waals surface area contributed by atoms with Crippen molar-refractivity contribution in [1.82, 2.24) is 4.98 Å². The summed E-state index contributed by atoms with van der Waals surface area (Å²) in [7, 11) is -3.79. The number of phenols is 1. The highest BCUT2D eigenvalue weighted by atomic mass is 32.2. The SMILES string of the molecule is NCCCC[C@H](N)C(=O)O.O=C(O)c1cc(N=Nc2ccc(S(=O)(=O)Nc3ccccn3)cc2)ccc1O. The average Bonchev–Trinajstić information content (AvgIpc) is 2.89. The number of aromatic hydroxyl groups is 1. The van der Waals surface area contributed by atoms with E-state index in [2.05, 4.69) is 19.9 Å². The van der Waals surface area contributed by atoms with Gasteiger partial charge in [-0.2, -0.15) is 10.2 Å². The third kappa shape index (κ3) is 9.57. The summed E-state index contributed by atoms with van der Waals surface area (Å²) in [5.74, 6) is -2.39. The highest BCUT2D eigenvalue weighted by molar-refractivity contribution is 7.92. The molecule has 14 heteroatoms. The van der Waals surface area contributed by atoms with E-state index in [0.717, 1.165) is 12.8 Å². The first-order chi connectivity index (χ1) is 18.0. The van der Waals surface area contributed by atoms with Crippen molar-refractivity contribution in [2.24, 2.45) is 21.7 Å². The Balaban J connectivity index is 0.000000432. The quantitative estimate of drug-likeness (QED) is 0.152. The van der Waals surface area contributed by atoms with Gasteiger partial charge in [-0.05, 0) is 74.0 Å². The molecule has 8 N–H and O–H groups in total. The number of unbranched alkanes of at least 4 members (excludes halogenated alkanes) is 1. The Labute approximate surface area is 218 Å². The molecule has 0 amide bonds. The van der Waals surface area contributed by atoms with Gasteiger partial charge in [0.25, 0.3) is 10.0 Å². The number of aliphatic carboxylic acids is 1. The van der Waals surface area contributed by atoms with Gasteiger partial charge in [-0.25, -0.2) is 18.2 Å². The van der Waals surface area contributed by atoms with Gasteiger partial charge in [0.2, 0.25) is 0 Å². The maximum atomic E-state index is 12.3. The zero-order valence-electron chi connectivity index (χ0n) is 20.1. The van der Waals surface area contributed by atoms with E-state index in [4.69, 9.17) is 21.7 Å². The summed E-state index contributed by atoms with van der Waals surface area (Å²) in [5.41, 5.74) is 10.7. The van der Waals surface area contributed by atoms with E-state index in [1.54, 1.807) is 12.1 Å². The van der Waals surface area contributed by atoms with Gasteiger partial charge in [0.15, 0.2) is 0 Å². The van der Waals surface area contributed by atoms with Gasteiger partial charge >= 0.3 is 11.9 Å². The second-order valence-corrected chi connectivity index (χ2v) is 9.43. The maximum Gasteiger partial charge on any atom is 0.339 e. The predicted octanol–water partition coefficient (Wildman–Crippen LogP) is 3.23. The number of benzene rings is 2. The van der Waals surface area contributed by atoms with Gasteiger partial charge in [0.1, 0.15) is 23.2 Å². The summed E-state index contributed by atoms with van der Waals surface area (Å²) in [6.07, 6.45) is 3.64. The van der Waals surface area contributed by atoms with E-state index in [-0.39, 0.29) is 27.7 Å². The number of hydrogen-bond donors (Lipinski definition) is 6. The topological polar surface area (TPSA) is 231 Å². The first kappa shape index (κ1) is 29.8. The number of azo groups is 1. The Morgan fingerprint density at radius 3 is 2.21 bits per heavy atom. The van der Waals surface area contributed by atoms with Gasteiger partial charge in [0.05, 0.1) is 16.3 Å². The molecule has 13 nitrogen and oxygen atoms in total. The zero-order chi connectivity index (χ0) is 28.1. The van der Waals surface area contributed by atoms with Crippen LogP contribution in [0.15, 0.2) is 82.0 Å². The third-order valence-corrected chi connectivity index (χ3v) is 6.20. The molecule has 3 rings (SSSR count). The van der Waals surface area contributed by atoms with Gasteiger partial charge in [-0.3, -0.25) is 9.52 Å². The average molecular weight is 545 g/mol. The molecule has 0 aliphatic heterocycles. The number of rotatable bonds is 11. The number of pyridine rings is 1. The maximum absolute atomic E-state index is 12.3.